The normalized spacial score (nSPS) is 11.0. The molecule has 7 nitrogen and oxygen atoms in total. The number of aromatic carboxylic acids is 1. The maximum atomic E-state index is 11.9. The molecule has 0 spiro atoms. The van der Waals surface area contributed by atoms with Gasteiger partial charge in [-0.25, -0.2) is 14.3 Å². The number of fused-ring (bicyclic) bond motifs is 1. The summed E-state index contributed by atoms with van der Waals surface area (Å²) in [4.78, 5) is 27.1. The van der Waals surface area contributed by atoms with Crippen LogP contribution in [-0.2, 0) is 0 Å². The Labute approximate surface area is 106 Å². The monoisotopic (exact) mass is 259 g/mol. The van der Waals surface area contributed by atoms with E-state index in [0.29, 0.717) is 17.2 Å². The van der Waals surface area contributed by atoms with Gasteiger partial charge < -0.3 is 9.52 Å². The van der Waals surface area contributed by atoms with Crippen LogP contribution >= 0.6 is 0 Å². The number of aromatic amines is 1. The fourth-order valence-corrected chi connectivity index (χ4v) is 1.84. The fraction of sp³-hybridized carbons (Fsp3) is 0.0833. The van der Waals surface area contributed by atoms with Gasteiger partial charge in [-0.3, -0.25) is 9.89 Å². The highest BCUT2D eigenvalue weighted by Gasteiger charge is 2.16. The van der Waals surface area contributed by atoms with Gasteiger partial charge in [-0.05, 0) is 19.1 Å². The predicted molar refractivity (Wildman–Crippen MR) is 65.2 cm³/mol. The molecule has 3 heterocycles. The third-order valence-corrected chi connectivity index (χ3v) is 2.72. The minimum absolute atomic E-state index is 0.0593. The second kappa shape index (κ2) is 3.84. The lowest BCUT2D eigenvalue weighted by atomic mass is 10.3. The minimum Gasteiger partial charge on any atom is -0.477 e. The zero-order chi connectivity index (χ0) is 13.6. The lowest BCUT2D eigenvalue weighted by molar-refractivity contribution is 0.0699. The molecule has 7 heteroatoms. The van der Waals surface area contributed by atoms with Gasteiger partial charge in [0.05, 0.1) is 0 Å². The number of hydrogen-bond donors (Lipinski definition) is 2. The van der Waals surface area contributed by atoms with Crippen molar-refractivity contribution >= 4 is 11.6 Å². The highest BCUT2D eigenvalue weighted by Crippen LogP contribution is 2.19. The quantitative estimate of drug-likeness (QED) is 0.722. The maximum Gasteiger partial charge on any atom is 0.341 e. The van der Waals surface area contributed by atoms with Crippen LogP contribution in [0.4, 0.5) is 0 Å². The number of furan rings is 1. The molecule has 0 aliphatic carbocycles. The van der Waals surface area contributed by atoms with E-state index in [4.69, 9.17) is 9.52 Å². The average molecular weight is 259 g/mol. The first-order chi connectivity index (χ1) is 9.06. The summed E-state index contributed by atoms with van der Waals surface area (Å²) in [6.07, 6.45) is 1.23. The van der Waals surface area contributed by atoms with Crippen LogP contribution in [0.2, 0.25) is 0 Å². The molecule has 0 bridgehead atoms. The molecule has 3 aromatic heterocycles. The van der Waals surface area contributed by atoms with E-state index in [2.05, 4.69) is 10.1 Å². The number of aromatic nitrogens is 3. The van der Waals surface area contributed by atoms with Crippen LogP contribution < -0.4 is 5.56 Å². The summed E-state index contributed by atoms with van der Waals surface area (Å²) in [5.41, 5.74) is -0.104. The molecule has 0 atom stereocenters. The van der Waals surface area contributed by atoms with Crippen molar-refractivity contribution < 1.29 is 14.3 Å². The Balaban J connectivity index is 2.31. The van der Waals surface area contributed by atoms with Gasteiger partial charge in [0.15, 0.2) is 11.4 Å². The molecule has 96 valence electrons. The first-order valence-electron chi connectivity index (χ1n) is 5.47. The van der Waals surface area contributed by atoms with Crippen molar-refractivity contribution in [1.29, 1.82) is 0 Å². The van der Waals surface area contributed by atoms with Crippen molar-refractivity contribution in [2.45, 2.75) is 6.92 Å². The van der Waals surface area contributed by atoms with Gasteiger partial charge in [-0.1, -0.05) is 0 Å². The number of nitrogens with one attached hydrogen (secondary N) is 1. The Bertz CT molecular complexity index is 840. The van der Waals surface area contributed by atoms with Crippen LogP contribution in [0.5, 0.6) is 0 Å². The van der Waals surface area contributed by atoms with Crippen LogP contribution in [0.1, 0.15) is 16.1 Å². The summed E-state index contributed by atoms with van der Waals surface area (Å²) in [5.74, 6) is -0.0439. The number of aryl methyl sites for hydroxylation is 1. The first-order valence-corrected chi connectivity index (χ1v) is 5.47. The number of nitrogens with zero attached hydrogens (tertiary/aromatic N) is 2. The summed E-state index contributed by atoms with van der Waals surface area (Å²) < 4.78 is 6.45. The second-order valence-corrected chi connectivity index (χ2v) is 4.04. The van der Waals surface area contributed by atoms with Crippen LogP contribution in [-0.4, -0.2) is 25.7 Å². The van der Waals surface area contributed by atoms with Crippen LogP contribution in [0.3, 0.4) is 0 Å². The zero-order valence-corrected chi connectivity index (χ0v) is 9.88. The van der Waals surface area contributed by atoms with Crippen LogP contribution in [0.15, 0.2) is 33.6 Å². The highest BCUT2D eigenvalue weighted by atomic mass is 16.4. The molecular weight excluding hydrogens is 250 g/mol. The Morgan fingerprint density at radius 3 is 2.89 bits per heavy atom. The largest absolute Gasteiger partial charge is 0.477 e. The minimum atomic E-state index is -1.15. The Morgan fingerprint density at radius 2 is 2.26 bits per heavy atom. The molecule has 2 N–H and O–H groups in total. The number of carbonyl (C=O) groups is 1. The van der Waals surface area contributed by atoms with E-state index in [1.165, 1.54) is 12.3 Å². The molecule has 0 aliphatic rings. The number of H-pyrrole nitrogens is 1. The number of carboxylic acid groups (broad SMARTS) is 1. The number of rotatable bonds is 2. The molecule has 3 aromatic rings. The topological polar surface area (TPSA) is 101 Å². The standard InChI is InChI=1S/C12H9N3O4/c1-6-2-3-9(19-6)8-4-10(16)15-11(14-8)7(5-13-15)12(17)18/h2-5,13H,1H3,(H,17,18). The smallest absolute Gasteiger partial charge is 0.341 e. The first kappa shape index (κ1) is 11.3. The number of hydrogen-bond acceptors (Lipinski definition) is 4. The van der Waals surface area contributed by atoms with E-state index in [0.717, 1.165) is 4.52 Å². The third kappa shape index (κ3) is 1.71. The summed E-state index contributed by atoms with van der Waals surface area (Å²) in [6.45, 7) is 1.77. The van der Waals surface area contributed by atoms with E-state index in [-0.39, 0.29) is 11.2 Å². The molecule has 3 rings (SSSR count). The molecule has 0 aliphatic heterocycles. The van der Waals surface area contributed by atoms with E-state index >= 15 is 0 Å². The average Bonchev–Trinajstić information content (AvgIpc) is 2.94. The Morgan fingerprint density at radius 1 is 1.47 bits per heavy atom. The van der Waals surface area contributed by atoms with Crippen LogP contribution in [0.25, 0.3) is 17.1 Å². The molecular formula is C12H9N3O4. The van der Waals surface area contributed by atoms with Gasteiger partial charge in [0.25, 0.3) is 5.56 Å². The molecule has 0 aromatic carbocycles. The number of carboxylic acids is 1. The van der Waals surface area contributed by atoms with E-state index in [1.807, 2.05) is 0 Å². The van der Waals surface area contributed by atoms with Crippen molar-refractivity contribution in [1.82, 2.24) is 14.6 Å². The van der Waals surface area contributed by atoms with Gasteiger partial charge >= 0.3 is 5.97 Å². The van der Waals surface area contributed by atoms with Gasteiger partial charge in [0.2, 0.25) is 0 Å². The van der Waals surface area contributed by atoms with Crippen LogP contribution in [0, 0.1) is 6.92 Å². The van der Waals surface area contributed by atoms with Crippen molar-refractivity contribution in [3.8, 4) is 11.5 Å². The summed E-state index contributed by atoms with van der Waals surface area (Å²) in [5, 5.41) is 11.6. The van der Waals surface area contributed by atoms with Gasteiger partial charge in [0, 0.05) is 12.3 Å². The molecule has 0 amide bonds. The molecule has 0 radical (unpaired) electrons. The second-order valence-electron chi connectivity index (χ2n) is 4.04. The molecule has 19 heavy (non-hydrogen) atoms. The van der Waals surface area contributed by atoms with Gasteiger partial charge in [0.1, 0.15) is 17.0 Å². The molecule has 0 saturated heterocycles. The van der Waals surface area contributed by atoms with Crippen molar-refractivity contribution in [2.24, 2.45) is 0 Å². The van der Waals surface area contributed by atoms with E-state index in [9.17, 15) is 9.59 Å². The van der Waals surface area contributed by atoms with Gasteiger partial charge in [-0.2, -0.15) is 0 Å². The predicted octanol–water partition coefficient (Wildman–Crippen LogP) is 1.29. The van der Waals surface area contributed by atoms with Crippen molar-refractivity contribution in [3.63, 3.8) is 0 Å². The Kier molecular flexibility index (Phi) is 2.28. The third-order valence-electron chi connectivity index (χ3n) is 2.72. The lowest BCUT2D eigenvalue weighted by Gasteiger charge is -1.98. The van der Waals surface area contributed by atoms with Gasteiger partial charge in [-0.15, -0.1) is 0 Å². The van der Waals surface area contributed by atoms with Crippen molar-refractivity contribution in [2.75, 3.05) is 0 Å². The SMILES string of the molecule is Cc1ccc(-c2cc(=O)n3[nH]cc(C(=O)O)c3n2)o1. The molecule has 0 saturated carbocycles. The summed E-state index contributed by atoms with van der Waals surface area (Å²) in [7, 11) is 0. The van der Waals surface area contributed by atoms with E-state index < -0.39 is 11.5 Å². The lowest BCUT2D eigenvalue weighted by Crippen LogP contribution is -2.14. The molecule has 0 unspecified atom stereocenters. The summed E-state index contributed by atoms with van der Waals surface area (Å²) in [6, 6.07) is 4.71. The van der Waals surface area contributed by atoms with Crippen molar-refractivity contribution in [3.05, 3.63) is 46.1 Å². The molecule has 0 fully saturated rings. The van der Waals surface area contributed by atoms with E-state index in [1.54, 1.807) is 19.1 Å². The maximum absolute atomic E-state index is 11.9. The highest BCUT2D eigenvalue weighted by molar-refractivity contribution is 5.94. The fourth-order valence-electron chi connectivity index (χ4n) is 1.84. The Hall–Kier alpha value is -2.83. The zero-order valence-electron chi connectivity index (χ0n) is 9.88. The summed E-state index contributed by atoms with van der Waals surface area (Å²) >= 11 is 0.